The predicted octanol–water partition coefficient (Wildman–Crippen LogP) is 1.72. The monoisotopic (exact) mass is 336 g/mol. The Balaban J connectivity index is 2.24. The first-order valence-electron chi connectivity index (χ1n) is 7.59. The quantitative estimate of drug-likeness (QED) is 0.782. The van der Waals surface area contributed by atoms with E-state index in [0.717, 1.165) is 18.7 Å². The number of para-hydroxylation sites is 1. The molecule has 0 unspecified atom stereocenters. The molecule has 2 aromatic rings. The first-order valence-corrected chi connectivity index (χ1v) is 9.07. The number of rotatable bonds is 7. The Hall–Kier alpha value is -1.70. The largest absolute Gasteiger partial charge is 0.309 e. The Labute approximate surface area is 138 Å². The van der Waals surface area contributed by atoms with E-state index in [0.29, 0.717) is 17.9 Å². The van der Waals surface area contributed by atoms with Gasteiger partial charge in [-0.2, -0.15) is 5.10 Å². The molecule has 0 bridgehead atoms. The molecule has 0 aliphatic heterocycles. The van der Waals surface area contributed by atoms with Crippen molar-refractivity contribution in [2.24, 2.45) is 0 Å². The molecule has 1 N–H and O–H groups in total. The van der Waals surface area contributed by atoms with Gasteiger partial charge in [-0.3, -0.25) is 0 Å². The molecule has 1 aromatic heterocycles. The number of sulfonamides is 1. The van der Waals surface area contributed by atoms with Crippen LogP contribution in [0.2, 0.25) is 0 Å². The van der Waals surface area contributed by atoms with Crippen molar-refractivity contribution in [3.8, 4) is 5.69 Å². The number of nitrogens with one attached hydrogen (secondary N) is 1. The van der Waals surface area contributed by atoms with Crippen LogP contribution in [-0.4, -0.2) is 50.3 Å². The smallest absolute Gasteiger partial charge is 0.244 e. The van der Waals surface area contributed by atoms with Crippen molar-refractivity contribution in [2.75, 3.05) is 27.2 Å². The van der Waals surface area contributed by atoms with Crippen molar-refractivity contribution in [2.45, 2.75) is 25.2 Å². The summed E-state index contributed by atoms with van der Waals surface area (Å²) in [5, 5.41) is 4.39. The average Bonchev–Trinajstić information content (AvgIpc) is 2.80. The maximum absolute atomic E-state index is 12.6. The summed E-state index contributed by atoms with van der Waals surface area (Å²) >= 11 is 0. The van der Waals surface area contributed by atoms with Gasteiger partial charge in [-0.05, 0) is 53.0 Å². The second kappa shape index (κ2) is 7.25. The zero-order valence-electron chi connectivity index (χ0n) is 14.1. The standard InChI is InChI=1S/C16H24N4O2S/c1-13-16(23(21,22)17-11-8-12-19(3)4)14(2)20(18-13)15-9-6-5-7-10-15/h5-7,9-10,17H,8,11-12H2,1-4H3. The molecule has 0 spiro atoms. The van der Waals surface area contributed by atoms with E-state index in [9.17, 15) is 8.42 Å². The van der Waals surface area contributed by atoms with Crippen molar-refractivity contribution >= 4 is 10.0 Å². The average molecular weight is 336 g/mol. The summed E-state index contributed by atoms with van der Waals surface area (Å²) in [7, 11) is 0.371. The van der Waals surface area contributed by atoms with E-state index in [1.54, 1.807) is 18.5 Å². The van der Waals surface area contributed by atoms with Gasteiger partial charge in [0.25, 0.3) is 0 Å². The second-order valence-electron chi connectivity index (χ2n) is 5.80. The number of nitrogens with zero attached hydrogens (tertiary/aromatic N) is 3. The van der Waals surface area contributed by atoms with Crippen LogP contribution in [0.3, 0.4) is 0 Å². The fourth-order valence-electron chi connectivity index (χ4n) is 2.51. The molecule has 0 aliphatic carbocycles. The number of hydrogen-bond acceptors (Lipinski definition) is 4. The normalized spacial score (nSPS) is 12.0. The van der Waals surface area contributed by atoms with E-state index in [2.05, 4.69) is 9.82 Å². The van der Waals surface area contributed by atoms with Crippen LogP contribution in [0.4, 0.5) is 0 Å². The molecule has 0 radical (unpaired) electrons. The number of benzene rings is 1. The number of hydrogen-bond donors (Lipinski definition) is 1. The van der Waals surface area contributed by atoms with Crippen LogP contribution in [0.25, 0.3) is 5.69 Å². The van der Waals surface area contributed by atoms with Crippen molar-refractivity contribution in [1.82, 2.24) is 19.4 Å². The minimum atomic E-state index is -3.56. The summed E-state index contributed by atoms with van der Waals surface area (Å²) in [5.41, 5.74) is 1.97. The molecule has 0 amide bonds. The summed E-state index contributed by atoms with van der Waals surface area (Å²) < 4.78 is 29.5. The fourth-order valence-corrected chi connectivity index (χ4v) is 3.97. The van der Waals surface area contributed by atoms with Gasteiger partial charge in [0, 0.05) is 6.54 Å². The van der Waals surface area contributed by atoms with Gasteiger partial charge < -0.3 is 4.90 Å². The molecule has 126 valence electrons. The van der Waals surface area contributed by atoms with Crippen molar-refractivity contribution in [3.05, 3.63) is 41.7 Å². The highest BCUT2D eigenvalue weighted by atomic mass is 32.2. The van der Waals surface area contributed by atoms with Gasteiger partial charge in [0.2, 0.25) is 10.0 Å². The van der Waals surface area contributed by atoms with Crippen LogP contribution in [0.5, 0.6) is 0 Å². The lowest BCUT2D eigenvalue weighted by Crippen LogP contribution is -2.28. The third-order valence-corrected chi connectivity index (χ3v) is 5.28. The van der Waals surface area contributed by atoms with E-state index in [1.807, 2.05) is 49.3 Å². The Bertz CT molecular complexity index is 752. The minimum absolute atomic E-state index is 0.270. The summed E-state index contributed by atoms with van der Waals surface area (Å²) in [6.07, 6.45) is 0.761. The van der Waals surface area contributed by atoms with Gasteiger partial charge in [-0.1, -0.05) is 18.2 Å². The molecule has 7 heteroatoms. The first-order chi connectivity index (χ1) is 10.8. The van der Waals surface area contributed by atoms with Crippen LogP contribution in [-0.2, 0) is 10.0 Å². The third kappa shape index (κ3) is 4.19. The maximum atomic E-state index is 12.6. The van der Waals surface area contributed by atoms with Gasteiger partial charge in [-0.15, -0.1) is 0 Å². The first kappa shape index (κ1) is 17.7. The van der Waals surface area contributed by atoms with E-state index < -0.39 is 10.0 Å². The minimum Gasteiger partial charge on any atom is -0.309 e. The molecule has 6 nitrogen and oxygen atoms in total. The van der Waals surface area contributed by atoms with E-state index in [1.165, 1.54) is 0 Å². The Morgan fingerprint density at radius 3 is 2.43 bits per heavy atom. The van der Waals surface area contributed by atoms with E-state index in [-0.39, 0.29) is 4.90 Å². The summed E-state index contributed by atoms with van der Waals surface area (Å²) in [6.45, 7) is 4.75. The van der Waals surface area contributed by atoms with Crippen LogP contribution < -0.4 is 4.72 Å². The van der Waals surface area contributed by atoms with Crippen molar-refractivity contribution in [3.63, 3.8) is 0 Å². The van der Waals surface area contributed by atoms with Crippen LogP contribution in [0.15, 0.2) is 35.2 Å². The molecule has 1 aromatic carbocycles. The van der Waals surface area contributed by atoms with Crippen molar-refractivity contribution in [1.29, 1.82) is 0 Å². The fraction of sp³-hybridized carbons (Fsp3) is 0.438. The van der Waals surface area contributed by atoms with Crippen LogP contribution in [0.1, 0.15) is 17.8 Å². The van der Waals surface area contributed by atoms with Gasteiger partial charge >= 0.3 is 0 Å². The van der Waals surface area contributed by atoms with E-state index in [4.69, 9.17) is 0 Å². The van der Waals surface area contributed by atoms with E-state index >= 15 is 0 Å². The lowest BCUT2D eigenvalue weighted by Gasteiger charge is -2.11. The topological polar surface area (TPSA) is 67.2 Å². The molecule has 0 saturated heterocycles. The molecular weight excluding hydrogens is 312 g/mol. The predicted molar refractivity (Wildman–Crippen MR) is 91.4 cm³/mol. The molecule has 0 aliphatic rings. The molecule has 0 fully saturated rings. The molecule has 23 heavy (non-hydrogen) atoms. The van der Waals surface area contributed by atoms with Gasteiger partial charge in [-0.25, -0.2) is 17.8 Å². The highest BCUT2D eigenvalue weighted by molar-refractivity contribution is 7.89. The number of aromatic nitrogens is 2. The summed E-state index contributed by atoms with van der Waals surface area (Å²) in [5.74, 6) is 0. The molecule has 0 atom stereocenters. The third-order valence-electron chi connectivity index (χ3n) is 3.57. The second-order valence-corrected chi connectivity index (χ2v) is 7.51. The number of aryl methyl sites for hydroxylation is 1. The Morgan fingerprint density at radius 1 is 1.17 bits per heavy atom. The molecule has 0 saturated carbocycles. The van der Waals surface area contributed by atoms with Crippen molar-refractivity contribution < 1.29 is 8.42 Å². The summed E-state index contributed by atoms with van der Waals surface area (Å²) in [6, 6.07) is 9.53. The molecule has 1 heterocycles. The lowest BCUT2D eigenvalue weighted by molar-refractivity contribution is 0.400. The highest BCUT2D eigenvalue weighted by Gasteiger charge is 2.24. The molecular formula is C16H24N4O2S. The summed E-state index contributed by atoms with van der Waals surface area (Å²) in [4.78, 5) is 2.30. The van der Waals surface area contributed by atoms with Crippen LogP contribution >= 0.6 is 0 Å². The Morgan fingerprint density at radius 2 is 1.83 bits per heavy atom. The zero-order valence-corrected chi connectivity index (χ0v) is 14.9. The van der Waals surface area contributed by atoms with Crippen LogP contribution in [0, 0.1) is 13.8 Å². The highest BCUT2D eigenvalue weighted by Crippen LogP contribution is 2.22. The Kier molecular flexibility index (Phi) is 5.56. The van der Waals surface area contributed by atoms with Gasteiger partial charge in [0.15, 0.2) is 0 Å². The SMILES string of the molecule is Cc1nn(-c2ccccc2)c(C)c1S(=O)(=O)NCCCN(C)C. The molecule has 2 rings (SSSR count). The maximum Gasteiger partial charge on any atom is 0.244 e. The van der Waals surface area contributed by atoms with Gasteiger partial charge in [0.1, 0.15) is 4.90 Å². The zero-order chi connectivity index (χ0) is 17.0. The lowest BCUT2D eigenvalue weighted by atomic mass is 10.3. The van der Waals surface area contributed by atoms with Gasteiger partial charge in [0.05, 0.1) is 17.1 Å².